The maximum absolute atomic E-state index is 11.9. The average Bonchev–Trinajstić information content (AvgIpc) is 2.47. The van der Waals surface area contributed by atoms with Crippen LogP contribution in [0.3, 0.4) is 0 Å². The van der Waals surface area contributed by atoms with Gasteiger partial charge in [-0.2, -0.15) is 0 Å². The highest BCUT2D eigenvalue weighted by molar-refractivity contribution is 5.84. The van der Waals surface area contributed by atoms with Gasteiger partial charge in [-0.3, -0.25) is 14.5 Å². The van der Waals surface area contributed by atoms with Crippen LogP contribution in [0.4, 0.5) is 0 Å². The second-order valence-corrected chi connectivity index (χ2v) is 4.91. The minimum absolute atomic E-state index is 0.00181. The van der Waals surface area contributed by atoms with E-state index in [-0.39, 0.29) is 17.9 Å². The summed E-state index contributed by atoms with van der Waals surface area (Å²) in [7, 11) is 0. The van der Waals surface area contributed by atoms with Crippen LogP contribution in [0.15, 0.2) is 0 Å². The molecule has 0 aromatic carbocycles. The molecule has 1 amide bonds. The van der Waals surface area contributed by atoms with Crippen molar-refractivity contribution in [3.05, 3.63) is 0 Å². The third-order valence-electron chi connectivity index (χ3n) is 3.65. The molecule has 4 heteroatoms. The topological polar surface area (TPSA) is 49.4 Å². The van der Waals surface area contributed by atoms with Gasteiger partial charge >= 0.3 is 0 Å². The molecule has 4 nitrogen and oxygen atoms in total. The summed E-state index contributed by atoms with van der Waals surface area (Å²) < 4.78 is 0. The Hall–Kier alpha value is -0.900. The van der Waals surface area contributed by atoms with Crippen LogP contribution in [0, 0.1) is 5.92 Å². The Morgan fingerprint density at radius 2 is 2.12 bits per heavy atom. The van der Waals surface area contributed by atoms with Crippen molar-refractivity contribution >= 4 is 11.7 Å². The second kappa shape index (κ2) is 4.95. The van der Waals surface area contributed by atoms with Gasteiger partial charge in [0.15, 0.2) is 0 Å². The summed E-state index contributed by atoms with van der Waals surface area (Å²) in [5.41, 5.74) is 0. The molecule has 2 aliphatic rings. The molecule has 2 saturated heterocycles. The largest absolute Gasteiger partial charge is 0.355 e. The lowest BCUT2D eigenvalue weighted by atomic mass is 9.96. The molecule has 0 aromatic rings. The molecule has 0 aromatic heterocycles. The van der Waals surface area contributed by atoms with Crippen LogP contribution in [0.1, 0.15) is 32.6 Å². The first-order chi connectivity index (χ1) is 7.68. The third kappa shape index (κ3) is 2.43. The zero-order valence-electron chi connectivity index (χ0n) is 9.87. The molecule has 2 heterocycles. The molecule has 2 unspecified atom stereocenters. The highest BCUT2D eigenvalue weighted by Gasteiger charge is 2.32. The van der Waals surface area contributed by atoms with Crippen molar-refractivity contribution in [3.8, 4) is 0 Å². The number of amides is 1. The summed E-state index contributed by atoms with van der Waals surface area (Å²) in [5.74, 6) is 0.578. The van der Waals surface area contributed by atoms with Gasteiger partial charge in [-0.15, -0.1) is 0 Å². The lowest BCUT2D eigenvalue weighted by molar-refractivity contribution is -0.132. The highest BCUT2D eigenvalue weighted by Crippen LogP contribution is 2.19. The Kier molecular flexibility index (Phi) is 3.59. The predicted octanol–water partition coefficient (Wildman–Crippen LogP) is 0.566. The number of piperidine rings is 1. The van der Waals surface area contributed by atoms with Gasteiger partial charge in [-0.1, -0.05) is 6.92 Å². The summed E-state index contributed by atoms with van der Waals surface area (Å²) in [4.78, 5) is 25.5. The first kappa shape index (κ1) is 11.6. The maximum atomic E-state index is 11.9. The number of nitrogens with zero attached hydrogens (tertiary/aromatic N) is 1. The van der Waals surface area contributed by atoms with Gasteiger partial charge in [-0.05, 0) is 19.3 Å². The fraction of sp³-hybridized carbons (Fsp3) is 0.833. The van der Waals surface area contributed by atoms with Crippen LogP contribution < -0.4 is 5.32 Å². The molecule has 2 rings (SSSR count). The van der Waals surface area contributed by atoms with E-state index >= 15 is 0 Å². The van der Waals surface area contributed by atoms with E-state index in [2.05, 4.69) is 10.2 Å². The number of hydrogen-bond acceptors (Lipinski definition) is 3. The molecular weight excluding hydrogens is 204 g/mol. The molecular formula is C12H20N2O2. The molecule has 1 N–H and O–H groups in total. The molecule has 0 bridgehead atoms. The monoisotopic (exact) mass is 224 g/mol. The van der Waals surface area contributed by atoms with Gasteiger partial charge in [-0.25, -0.2) is 0 Å². The smallest absolute Gasteiger partial charge is 0.237 e. The third-order valence-corrected chi connectivity index (χ3v) is 3.65. The highest BCUT2D eigenvalue weighted by atomic mass is 16.2. The van der Waals surface area contributed by atoms with Crippen molar-refractivity contribution in [1.29, 1.82) is 0 Å². The summed E-state index contributed by atoms with van der Waals surface area (Å²) in [5, 5.41) is 2.95. The normalized spacial score (nSPS) is 33.3. The van der Waals surface area contributed by atoms with E-state index in [1.165, 1.54) is 0 Å². The Labute approximate surface area is 96.4 Å². The van der Waals surface area contributed by atoms with Gasteiger partial charge in [0.05, 0.1) is 6.04 Å². The number of rotatable bonds is 1. The summed E-state index contributed by atoms with van der Waals surface area (Å²) in [6, 6.07) is -0.00181. The number of likely N-dealkylation sites (tertiary alicyclic amines) is 1. The lowest BCUT2D eigenvalue weighted by Gasteiger charge is -2.35. The van der Waals surface area contributed by atoms with Gasteiger partial charge in [0, 0.05) is 32.0 Å². The minimum Gasteiger partial charge on any atom is -0.355 e. The number of nitrogens with one attached hydrogen (secondary N) is 1. The molecule has 16 heavy (non-hydrogen) atoms. The van der Waals surface area contributed by atoms with Crippen LogP contribution >= 0.6 is 0 Å². The Morgan fingerprint density at radius 1 is 1.31 bits per heavy atom. The van der Waals surface area contributed by atoms with E-state index in [0.29, 0.717) is 12.2 Å². The number of Topliss-reactive ketones (excluding diaryl/α,β-unsaturated/α-hetero) is 1. The van der Waals surface area contributed by atoms with E-state index < -0.39 is 0 Å². The van der Waals surface area contributed by atoms with Crippen molar-refractivity contribution in [2.24, 2.45) is 5.92 Å². The fourth-order valence-electron chi connectivity index (χ4n) is 2.60. The number of carbonyl (C=O) groups excluding carboxylic acids is 2. The van der Waals surface area contributed by atoms with E-state index in [9.17, 15) is 9.59 Å². The van der Waals surface area contributed by atoms with Gasteiger partial charge in [0.25, 0.3) is 0 Å². The van der Waals surface area contributed by atoms with E-state index in [1.807, 2.05) is 6.92 Å². The molecule has 0 aliphatic carbocycles. The Balaban J connectivity index is 2.00. The van der Waals surface area contributed by atoms with E-state index in [0.717, 1.165) is 38.9 Å². The first-order valence-corrected chi connectivity index (χ1v) is 6.23. The minimum atomic E-state index is -0.00181. The number of hydrogen-bond donors (Lipinski definition) is 1. The zero-order valence-corrected chi connectivity index (χ0v) is 9.87. The molecule has 2 aliphatic heterocycles. The second-order valence-electron chi connectivity index (χ2n) is 4.91. The van der Waals surface area contributed by atoms with Crippen molar-refractivity contribution in [2.75, 3.05) is 19.6 Å². The zero-order chi connectivity index (χ0) is 11.5. The van der Waals surface area contributed by atoms with Gasteiger partial charge < -0.3 is 5.32 Å². The summed E-state index contributed by atoms with van der Waals surface area (Å²) in [6.45, 7) is 4.26. The molecule has 0 spiro atoms. The Morgan fingerprint density at radius 3 is 2.88 bits per heavy atom. The van der Waals surface area contributed by atoms with E-state index in [4.69, 9.17) is 0 Å². The first-order valence-electron chi connectivity index (χ1n) is 6.23. The van der Waals surface area contributed by atoms with Crippen molar-refractivity contribution in [1.82, 2.24) is 10.2 Å². The SMILES string of the molecule is CC1CN(C2CCCCNC2=O)CCC1=O. The molecule has 0 saturated carbocycles. The summed E-state index contributed by atoms with van der Waals surface area (Å²) in [6.07, 6.45) is 3.71. The lowest BCUT2D eigenvalue weighted by Crippen LogP contribution is -2.51. The van der Waals surface area contributed by atoms with Crippen LogP contribution in [0.2, 0.25) is 0 Å². The predicted molar refractivity (Wildman–Crippen MR) is 61.0 cm³/mol. The van der Waals surface area contributed by atoms with Crippen molar-refractivity contribution < 1.29 is 9.59 Å². The average molecular weight is 224 g/mol. The van der Waals surface area contributed by atoms with Gasteiger partial charge in [0.2, 0.25) is 5.91 Å². The summed E-state index contributed by atoms with van der Waals surface area (Å²) >= 11 is 0. The van der Waals surface area contributed by atoms with Crippen LogP contribution in [-0.2, 0) is 9.59 Å². The van der Waals surface area contributed by atoms with Crippen LogP contribution in [0.5, 0.6) is 0 Å². The molecule has 2 atom stereocenters. The molecule has 0 radical (unpaired) electrons. The Bertz CT molecular complexity index is 291. The van der Waals surface area contributed by atoms with Gasteiger partial charge in [0.1, 0.15) is 5.78 Å². The fourth-order valence-corrected chi connectivity index (χ4v) is 2.60. The quantitative estimate of drug-likeness (QED) is 0.708. The van der Waals surface area contributed by atoms with Crippen molar-refractivity contribution in [3.63, 3.8) is 0 Å². The standard InChI is InChI=1S/C12H20N2O2/c1-9-8-14(7-5-11(9)15)10-4-2-3-6-13-12(10)16/h9-10H,2-8H2,1H3,(H,13,16). The number of carbonyl (C=O) groups is 2. The molecule has 2 fully saturated rings. The van der Waals surface area contributed by atoms with Crippen LogP contribution in [-0.4, -0.2) is 42.3 Å². The van der Waals surface area contributed by atoms with Crippen molar-refractivity contribution in [2.45, 2.75) is 38.6 Å². The maximum Gasteiger partial charge on any atom is 0.237 e. The molecule has 90 valence electrons. The number of ketones is 1. The van der Waals surface area contributed by atoms with E-state index in [1.54, 1.807) is 0 Å². The van der Waals surface area contributed by atoms with Crippen LogP contribution in [0.25, 0.3) is 0 Å².